The zero-order valence-electron chi connectivity index (χ0n) is 16.0. The van der Waals surface area contributed by atoms with E-state index in [1.807, 2.05) is 19.1 Å². The Labute approximate surface area is 165 Å². The van der Waals surface area contributed by atoms with E-state index in [-0.39, 0.29) is 0 Å². The van der Waals surface area contributed by atoms with Gasteiger partial charge in [0, 0.05) is 11.1 Å². The van der Waals surface area contributed by atoms with Crippen LogP contribution in [0.1, 0.15) is 44.4 Å². The maximum atomic E-state index is 5.77. The molecule has 2 N–H and O–H groups in total. The molecule has 142 valence electrons. The van der Waals surface area contributed by atoms with E-state index in [9.17, 15) is 0 Å². The summed E-state index contributed by atoms with van der Waals surface area (Å²) in [4.78, 5) is 0. The summed E-state index contributed by atoms with van der Waals surface area (Å²) >= 11 is 3.56. The molecule has 0 aliphatic carbocycles. The molecule has 1 atom stereocenters. The number of hydrogen-bond donors (Lipinski definition) is 1. The Morgan fingerprint density at radius 1 is 1.00 bits per heavy atom. The van der Waals surface area contributed by atoms with Crippen molar-refractivity contribution in [3.63, 3.8) is 0 Å². The Balaban J connectivity index is 2.03. The first-order valence-corrected chi connectivity index (χ1v) is 9.93. The molecule has 0 aliphatic heterocycles. The minimum atomic E-state index is 0.337. The molecule has 0 saturated carbocycles. The van der Waals surface area contributed by atoms with E-state index >= 15 is 0 Å². The third kappa shape index (κ3) is 5.64. The van der Waals surface area contributed by atoms with Crippen molar-refractivity contribution in [3.05, 3.63) is 52.0 Å². The van der Waals surface area contributed by atoms with Crippen LogP contribution in [-0.2, 0) is 6.54 Å². The SMILES string of the molecule is CCCOc1ccc(C[NH2+][C@H](C)c2ccc(OC)c(Br)c2)cc1OCC. The highest BCUT2D eigenvalue weighted by Gasteiger charge is 2.13. The number of halogens is 1. The second-order valence-corrected chi connectivity index (χ2v) is 7.04. The van der Waals surface area contributed by atoms with E-state index in [2.05, 4.69) is 59.4 Å². The summed E-state index contributed by atoms with van der Waals surface area (Å²) in [6.07, 6.45) is 0.982. The van der Waals surface area contributed by atoms with Crippen LogP contribution in [-0.4, -0.2) is 20.3 Å². The number of hydrogen-bond acceptors (Lipinski definition) is 3. The zero-order chi connectivity index (χ0) is 18.9. The van der Waals surface area contributed by atoms with Crippen LogP contribution in [0.4, 0.5) is 0 Å². The zero-order valence-corrected chi connectivity index (χ0v) is 17.6. The van der Waals surface area contributed by atoms with Crippen LogP contribution in [0, 0.1) is 0 Å². The number of rotatable bonds is 10. The molecule has 0 heterocycles. The molecule has 0 bridgehead atoms. The van der Waals surface area contributed by atoms with Gasteiger partial charge >= 0.3 is 0 Å². The van der Waals surface area contributed by atoms with Crippen LogP contribution in [0.3, 0.4) is 0 Å². The molecule has 0 spiro atoms. The van der Waals surface area contributed by atoms with Crippen LogP contribution in [0.5, 0.6) is 17.2 Å². The van der Waals surface area contributed by atoms with Crippen molar-refractivity contribution >= 4 is 15.9 Å². The van der Waals surface area contributed by atoms with Gasteiger partial charge in [-0.15, -0.1) is 0 Å². The molecule has 2 aromatic rings. The first kappa shape index (κ1) is 20.6. The molecule has 0 unspecified atom stereocenters. The van der Waals surface area contributed by atoms with Gasteiger partial charge in [-0.3, -0.25) is 0 Å². The maximum absolute atomic E-state index is 5.77. The van der Waals surface area contributed by atoms with Crippen LogP contribution < -0.4 is 19.5 Å². The largest absolute Gasteiger partial charge is 0.496 e. The molecular formula is C21H29BrNO3+. The van der Waals surface area contributed by atoms with Crippen molar-refractivity contribution in [1.29, 1.82) is 0 Å². The summed E-state index contributed by atoms with van der Waals surface area (Å²) in [6, 6.07) is 12.8. The lowest BCUT2D eigenvalue weighted by molar-refractivity contribution is -0.707. The smallest absolute Gasteiger partial charge is 0.161 e. The highest BCUT2D eigenvalue weighted by molar-refractivity contribution is 9.10. The van der Waals surface area contributed by atoms with Crippen molar-refractivity contribution in [3.8, 4) is 17.2 Å². The highest BCUT2D eigenvalue weighted by atomic mass is 79.9. The summed E-state index contributed by atoms with van der Waals surface area (Å²) in [5, 5.41) is 2.31. The Bertz CT molecular complexity index is 706. The van der Waals surface area contributed by atoms with Gasteiger partial charge in [-0.2, -0.15) is 0 Å². The Hall–Kier alpha value is -1.72. The molecule has 5 heteroatoms. The minimum absolute atomic E-state index is 0.337. The first-order chi connectivity index (χ1) is 12.6. The average molecular weight is 423 g/mol. The van der Waals surface area contributed by atoms with Gasteiger partial charge in [0.25, 0.3) is 0 Å². The molecule has 0 radical (unpaired) electrons. The van der Waals surface area contributed by atoms with E-state index in [4.69, 9.17) is 14.2 Å². The first-order valence-electron chi connectivity index (χ1n) is 9.14. The Kier molecular flexibility index (Phi) is 8.26. The molecule has 0 saturated heterocycles. The Morgan fingerprint density at radius 3 is 2.42 bits per heavy atom. The lowest BCUT2D eigenvalue weighted by Crippen LogP contribution is -2.83. The standard InChI is InChI=1S/C21H28BrNO3/c1-5-11-26-20-9-7-16(12-21(20)25-6-2)14-23-15(3)17-8-10-19(24-4)18(22)13-17/h7-10,12-13,15,23H,5-6,11,14H2,1-4H3/p+1/t15-/m1/s1. The second-order valence-electron chi connectivity index (χ2n) is 6.19. The summed E-state index contributed by atoms with van der Waals surface area (Å²) in [5.41, 5.74) is 2.47. The lowest BCUT2D eigenvalue weighted by atomic mass is 10.1. The highest BCUT2D eigenvalue weighted by Crippen LogP contribution is 2.29. The van der Waals surface area contributed by atoms with Gasteiger partial charge in [0.05, 0.1) is 24.8 Å². The van der Waals surface area contributed by atoms with Crippen molar-refractivity contribution < 1.29 is 19.5 Å². The quantitative estimate of drug-likeness (QED) is 0.613. The van der Waals surface area contributed by atoms with E-state index in [1.54, 1.807) is 7.11 Å². The maximum Gasteiger partial charge on any atom is 0.161 e. The molecule has 0 aliphatic rings. The van der Waals surface area contributed by atoms with Gasteiger partial charge in [-0.25, -0.2) is 0 Å². The monoisotopic (exact) mass is 422 g/mol. The molecule has 0 aromatic heterocycles. The lowest BCUT2D eigenvalue weighted by Gasteiger charge is -2.15. The Morgan fingerprint density at radius 2 is 1.77 bits per heavy atom. The van der Waals surface area contributed by atoms with Crippen molar-refractivity contribution in [2.24, 2.45) is 0 Å². The molecule has 2 aromatic carbocycles. The number of benzene rings is 2. The van der Waals surface area contributed by atoms with E-state index in [0.717, 1.165) is 34.7 Å². The summed E-state index contributed by atoms with van der Waals surface area (Å²) in [7, 11) is 1.68. The summed E-state index contributed by atoms with van der Waals surface area (Å²) < 4.78 is 17.8. The topological polar surface area (TPSA) is 44.3 Å². The number of nitrogens with two attached hydrogens (primary N) is 1. The normalized spacial score (nSPS) is 11.9. The number of quaternary nitrogens is 1. The second kappa shape index (κ2) is 10.4. The van der Waals surface area contributed by atoms with Gasteiger partial charge in [-0.05, 0) is 72.6 Å². The predicted octanol–water partition coefficient (Wildman–Crippen LogP) is 4.47. The molecule has 2 rings (SSSR count). The molecule has 26 heavy (non-hydrogen) atoms. The number of methoxy groups -OCH3 is 1. The predicted molar refractivity (Wildman–Crippen MR) is 108 cm³/mol. The molecular weight excluding hydrogens is 394 g/mol. The third-order valence-electron chi connectivity index (χ3n) is 4.18. The van der Waals surface area contributed by atoms with Crippen LogP contribution in [0.2, 0.25) is 0 Å². The fourth-order valence-corrected chi connectivity index (χ4v) is 3.25. The van der Waals surface area contributed by atoms with Crippen LogP contribution in [0.15, 0.2) is 40.9 Å². The minimum Gasteiger partial charge on any atom is -0.496 e. The van der Waals surface area contributed by atoms with Crippen LogP contribution >= 0.6 is 15.9 Å². The fraction of sp³-hybridized carbons (Fsp3) is 0.429. The van der Waals surface area contributed by atoms with Gasteiger partial charge in [0.2, 0.25) is 0 Å². The van der Waals surface area contributed by atoms with Crippen molar-refractivity contribution in [2.45, 2.75) is 39.8 Å². The molecule has 4 nitrogen and oxygen atoms in total. The van der Waals surface area contributed by atoms with Crippen molar-refractivity contribution in [1.82, 2.24) is 0 Å². The summed E-state index contributed by atoms with van der Waals surface area (Å²) in [5.74, 6) is 2.50. The molecule has 0 fully saturated rings. The number of ether oxygens (including phenoxy) is 3. The molecule has 0 amide bonds. The van der Waals surface area contributed by atoms with E-state index < -0.39 is 0 Å². The van der Waals surface area contributed by atoms with Crippen LogP contribution in [0.25, 0.3) is 0 Å². The third-order valence-corrected chi connectivity index (χ3v) is 4.80. The van der Waals surface area contributed by atoms with E-state index in [0.29, 0.717) is 19.3 Å². The van der Waals surface area contributed by atoms with Gasteiger partial charge in [-0.1, -0.05) is 6.92 Å². The van der Waals surface area contributed by atoms with Gasteiger partial charge < -0.3 is 19.5 Å². The average Bonchev–Trinajstić information content (AvgIpc) is 2.65. The fourth-order valence-electron chi connectivity index (χ4n) is 2.69. The van der Waals surface area contributed by atoms with Gasteiger partial charge in [0.1, 0.15) is 18.3 Å². The van der Waals surface area contributed by atoms with Gasteiger partial charge in [0.15, 0.2) is 11.5 Å². The van der Waals surface area contributed by atoms with E-state index in [1.165, 1.54) is 11.1 Å². The summed E-state index contributed by atoms with van der Waals surface area (Å²) in [6.45, 7) is 8.50. The van der Waals surface area contributed by atoms with Crippen molar-refractivity contribution in [2.75, 3.05) is 20.3 Å².